The Hall–Kier alpha value is -2.47. The highest BCUT2D eigenvalue weighted by Crippen LogP contribution is 2.32. The van der Waals surface area contributed by atoms with Crippen molar-refractivity contribution in [2.45, 2.75) is 19.1 Å². The van der Waals surface area contributed by atoms with Crippen LogP contribution in [-0.2, 0) is 10.5 Å². The molecule has 1 aliphatic rings. The molecular weight excluding hydrogens is 360 g/mol. The van der Waals surface area contributed by atoms with Crippen molar-refractivity contribution in [3.8, 4) is 11.5 Å². The molecule has 1 amide bonds. The van der Waals surface area contributed by atoms with Gasteiger partial charge in [-0.05, 0) is 35.7 Å². The molecule has 0 bridgehead atoms. The monoisotopic (exact) mass is 384 g/mol. The van der Waals surface area contributed by atoms with E-state index in [0.717, 1.165) is 40.3 Å². The molecular formula is C21H24N2O3S. The summed E-state index contributed by atoms with van der Waals surface area (Å²) in [6.45, 7) is 2.69. The fraction of sp³-hybridized carbons (Fsp3) is 0.333. The van der Waals surface area contributed by atoms with Gasteiger partial charge in [-0.2, -0.15) is 5.10 Å². The van der Waals surface area contributed by atoms with Crippen molar-refractivity contribution >= 4 is 23.4 Å². The van der Waals surface area contributed by atoms with Crippen molar-refractivity contribution in [2.75, 3.05) is 26.5 Å². The number of amides is 1. The van der Waals surface area contributed by atoms with Crippen molar-refractivity contribution in [2.24, 2.45) is 5.10 Å². The summed E-state index contributed by atoms with van der Waals surface area (Å²) in [4.78, 5) is 12.5. The van der Waals surface area contributed by atoms with E-state index in [1.807, 2.05) is 49.4 Å². The predicted octanol–water partition coefficient (Wildman–Crippen LogP) is 3.88. The van der Waals surface area contributed by atoms with Gasteiger partial charge in [0.15, 0.2) is 11.5 Å². The minimum absolute atomic E-state index is 0.0454. The SMILES string of the molecule is COc1cc(C)c(CSCC(=O)N2CCC(c3ccccc3)=N2)cc1OC. The molecule has 0 radical (unpaired) electrons. The summed E-state index contributed by atoms with van der Waals surface area (Å²) in [6, 6.07) is 14.0. The zero-order chi connectivity index (χ0) is 19.2. The number of ether oxygens (including phenoxy) is 2. The predicted molar refractivity (Wildman–Crippen MR) is 110 cm³/mol. The third-order valence-electron chi connectivity index (χ3n) is 4.52. The third-order valence-corrected chi connectivity index (χ3v) is 5.49. The Morgan fingerprint density at radius 3 is 2.56 bits per heavy atom. The van der Waals surface area contributed by atoms with E-state index in [1.165, 1.54) is 0 Å². The first-order valence-corrected chi connectivity index (χ1v) is 10.0. The van der Waals surface area contributed by atoms with Crippen LogP contribution in [0.1, 0.15) is 23.1 Å². The maximum Gasteiger partial charge on any atom is 0.252 e. The Bertz CT molecular complexity index is 837. The zero-order valence-corrected chi connectivity index (χ0v) is 16.7. The number of hydrogen-bond acceptors (Lipinski definition) is 5. The molecule has 1 heterocycles. The second-order valence-corrected chi connectivity index (χ2v) is 7.29. The van der Waals surface area contributed by atoms with Crippen LogP contribution in [0.2, 0.25) is 0 Å². The van der Waals surface area contributed by atoms with Crippen LogP contribution in [0.15, 0.2) is 47.6 Å². The number of carbonyl (C=O) groups excluding carboxylic acids is 1. The smallest absolute Gasteiger partial charge is 0.252 e. The van der Waals surface area contributed by atoms with E-state index in [9.17, 15) is 4.79 Å². The van der Waals surface area contributed by atoms with Crippen LogP contribution >= 0.6 is 11.8 Å². The molecule has 27 heavy (non-hydrogen) atoms. The number of thioether (sulfide) groups is 1. The molecule has 2 aromatic carbocycles. The van der Waals surface area contributed by atoms with Crippen molar-refractivity contribution in [3.63, 3.8) is 0 Å². The summed E-state index contributed by atoms with van der Waals surface area (Å²) in [5.41, 5.74) is 4.32. The number of nitrogens with zero attached hydrogens (tertiary/aromatic N) is 2. The molecule has 5 nitrogen and oxygen atoms in total. The summed E-state index contributed by atoms with van der Waals surface area (Å²) >= 11 is 1.59. The van der Waals surface area contributed by atoms with E-state index in [1.54, 1.807) is 31.0 Å². The molecule has 0 atom stereocenters. The second-order valence-electron chi connectivity index (χ2n) is 6.31. The van der Waals surface area contributed by atoms with Crippen LogP contribution in [0.5, 0.6) is 11.5 Å². The first-order valence-electron chi connectivity index (χ1n) is 8.85. The highest BCUT2D eigenvalue weighted by Gasteiger charge is 2.21. The van der Waals surface area contributed by atoms with Crippen LogP contribution in [-0.4, -0.2) is 43.1 Å². The van der Waals surface area contributed by atoms with Gasteiger partial charge in [0.2, 0.25) is 0 Å². The third kappa shape index (κ3) is 4.63. The molecule has 0 unspecified atom stereocenters. The zero-order valence-electron chi connectivity index (χ0n) is 15.9. The van der Waals surface area contributed by atoms with Gasteiger partial charge < -0.3 is 9.47 Å². The van der Waals surface area contributed by atoms with E-state index < -0.39 is 0 Å². The quantitative estimate of drug-likeness (QED) is 0.727. The number of rotatable bonds is 7. The van der Waals surface area contributed by atoms with E-state index in [4.69, 9.17) is 9.47 Å². The Morgan fingerprint density at radius 1 is 1.15 bits per heavy atom. The van der Waals surface area contributed by atoms with Crippen LogP contribution < -0.4 is 9.47 Å². The number of benzene rings is 2. The number of hydrazone groups is 1. The van der Waals surface area contributed by atoms with E-state index in [-0.39, 0.29) is 5.91 Å². The maximum atomic E-state index is 12.5. The minimum Gasteiger partial charge on any atom is -0.493 e. The van der Waals surface area contributed by atoms with Crippen LogP contribution in [0.25, 0.3) is 0 Å². The summed E-state index contributed by atoms with van der Waals surface area (Å²) in [7, 11) is 3.26. The highest BCUT2D eigenvalue weighted by atomic mass is 32.2. The normalized spacial score (nSPS) is 13.4. The molecule has 0 aromatic heterocycles. The van der Waals surface area contributed by atoms with Gasteiger partial charge in [0.1, 0.15) is 0 Å². The van der Waals surface area contributed by atoms with Gasteiger partial charge >= 0.3 is 0 Å². The molecule has 0 saturated heterocycles. The number of hydrogen-bond donors (Lipinski definition) is 0. The van der Waals surface area contributed by atoms with Gasteiger partial charge in [-0.1, -0.05) is 30.3 Å². The molecule has 3 rings (SSSR count). The van der Waals surface area contributed by atoms with Gasteiger partial charge in [0.05, 0.1) is 32.2 Å². The lowest BCUT2D eigenvalue weighted by molar-refractivity contribution is -0.127. The standard InChI is InChI=1S/C21H24N2O3S/c1-15-11-19(25-2)20(26-3)12-17(15)13-27-14-21(24)23-10-9-18(22-23)16-7-5-4-6-8-16/h4-8,11-12H,9-10,13-14H2,1-3H3. The van der Waals surface area contributed by atoms with Crippen molar-refractivity contribution in [1.82, 2.24) is 5.01 Å². The van der Waals surface area contributed by atoms with E-state index in [2.05, 4.69) is 5.10 Å². The van der Waals surface area contributed by atoms with Gasteiger partial charge in [-0.3, -0.25) is 4.79 Å². The fourth-order valence-electron chi connectivity index (χ4n) is 2.97. The van der Waals surface area contributed by atoms with Gasteiger partial charge in [-0.25, -0.2) is 5.01 Å². The lowest BCUT2D eigenvalue weighted by atomic mass is 10.1. The molecule has 0 saturated carbocycles. The van der Waals surface area contributed by atoms with Crippen molar-refractivity contribution < 1.29 is 14.3 Å². The lowest BCUT2D eigenvalue weighted by Crippen LogP contribution is -2.25. The summed E-state index contributed by atoms with van der Waals surface area (Å²) in [6.07, 6.45) is 0.801. The first kappa shape index (κ1) is 19.3. The molecule has 0 aliphatic carbocycles. The topological polar surface area (TPSA) is 51.1 Å². The summed E-state index contributed by atoms with van der Waals surface area (Å²) in [5.74, 6) is 2.62. The van der Waals surface area contributed by atoms with Crippen LogP contribution in [0.3, 0.4) is 0 Å². The molecule has 2 aromatic rings. The minimum atomic E-state index is 0.0454. The van der Waals surface area contributed by atoms with Gasteiger partial charge in [0, 0.05) is 12.2 Å². The Kier molecular flexibility index (Phi) is 6.40. The molecule has 1 aliphatic heterocycles. The maximum absolute atomic E-state index is 12.5. The van der Waals surface area contributed by atoms with Gasteiger partial charge in [-0.15, -0.1) is 11.8 Å². The number of carbonyl (C=O) groups is 1. The largest absolute Gasteiger partial charge is 0.493 e. The summed E-state index contributed by atoms with van der Waals surface area (Å²) in [5, 5.41) is 6.10. The Morgan fingerprint density at radius 2 is 1.85 bits per heavy atom. The Balaban J connectivity index is 1.57. The van der Waals surface area contributed by atoms with Crippen LogP contribution in [0, 0.1) is 6.92 Å². The Labute approximate surface area is 164 Å². The van der Waals surface area contributed by atoms with Gasteiger partial charge in [0.25, 0.3) is 5.91 Å². The average Bonchev–Trinajstić information content (AvgIpc) is 3.20. The molecule has 142 valence electrons. The van der Waals surface area contributed by atoms with Crippen molar-refractivity contribution in [3.05, 3.63) is 59.2 Å². The molecule has 6 heteroatoms. The first-order chi connectivity index (χ1) is 13.1. The number of methoxy groups -OCH3 is 2. The van der Waals surface area contributed by atoms with E-state index >= 15 is 0 Å². The highest BCUT2D eigenvalue weighted by molar-refractivity contribution is 7.99. The van der Waals surface area contributed by atoms with Crippen LogP contribution in [0.4, 0.5) is 0 Å². The molecule has 0 N–H and O–H groups in total. The summed E-state index contributed by atoms with van der Waals surface area (Å²) < 4.78 is 10.7. The second kappa shape index (κ2) is 8.95. The lowest BCUT2D eigenvalue weighted by Gasteiger charge is -2.14. The number of aryl methyl sites for hydroxylation is 1. The fourth-order valence-corrected chi connectivity index (χ4v) is 3.93. The molecule has 0 fully saturated rings. The van der Waals surface area contributed by atoms with Crippen molar-refractivity contribution in [1.29, 1.82) is 0 Å². The van der Waals surface area contributed by atoms with E-state index in [0.29, 0.717) is 18.0 Å². The average molecular weight is 385 g/mol. The molecule has 0 spiro atoms.